The van der Waals surface area contributed by atoms with Crippen molar-refractivity contribution in [3.63, 3.8) is 0 Å². The van der Waals surface area contributed by atoms with E-state index in [1.807, 2.05) is 0 Å². The van der Waals surface area contributed by atoms with E-state index >= 15 is 0 Å². The summed E-state index contributed by atoms with van der Waals surface area (Å²) in [5.41, 5.74) is 0.679. The molecule has 0 saturated heterocycles. The number of carbonyl (C=O) groups excluding carboxylic acids is 2. The van der Waals surface area contributed by atoms with Gasteiger partial charge in [0.05, 0.1) is 13.4 Å². The van der Waals surface area contributed by atoms with Crippen LogP contribution < -0.4 is 15.4 Å². The predicted octanol–water partition coefficient (Wildman–Crippen LogP) is 2.05. The van der Waals surface area contributed by atoms with Gasteiger partial charge in [-0.3, -0.25) is 9.59 Å². The number of benzene rings is 1. The summed E-state index contributed by atoms with van der Waals surface area (Å²) in [5.74, 6) is 0.432. The Hall–Kier alpha value is -2.76. The second kappa shape index (κ2) is 7.14. The Morgan fingerprint density at radius 1 is 1.19 bits per heavy atom. The Bertz CT molecular complexity index is 591. The van der Waals surface area contributed by atoms with Crippen LogP contribution in [-0.2, 0) is 4.79 Å². The molecule has 0 spiro atoms. The number of methoxy groups -OCH3 is 1. The van der Waals surface area contributed by atoms with E-state index in [1.54, 1.807) is 43.5 Å². The number of hydrogen-bond donors (Lipinski definition) is 2. The minimum atomic E-state index is -0.336. The molecule has 0 bridgehead atoms. The highest BCUT2D eigenvalue weighted by Crippen LogP contribution is 2.14. The fourth-order valence-corrected chi connectivity index (χ4v) is 1.68. The summed E-state index contributed by atoms with van der Waals surface area (Å²) in [7, 11) is 1.58. The summed E-state index contributed by atoms with van der Waals surface area (Å²) in [6, 6.07) is 10.2. The molecule has 0 fully saturated rings. The van der Waals surface area contributed by atoms with Crippen LogP contribution in [-0.4, -0.2) is 25.5 Å². The SMILES string of the molecule is COc1ccc(NC(=O)CCNC(=O)c2ccco2)cc1. The van der Waals surface area contributed by atoms with Gasteiger partial charge < -0.3 is 19.8 Å². The van der Waals surface area contributed by atoms with E-state index in [1.165, 1.54) is 6.26 Å². The second-order valence-electron chi connectivity index (χ2n) is 4.26. The van der Waals surface area contributed by atoms with E-state index in [2.05, 4.69) is 10.6 Å². The molecule has 110 valence electrons. The van der Waals surface area contributed by atoms with Gasteiger partial charge in [-0.25, -0.2) is 0 Å². The maximum atomic E-state index is 11.7. The maximum absolute atomic E-state index is 11.7. The van der Waals surface area contributed by atoms with Gasteiger partial charge in [0, 0.05) is 18.7 Å². The first-order valence-corrected chi connectivity index (χ1v) is 6.44. The molecule has 0 saturated carbocycles. The molecule has 0 unspecified atom stereocenters. The zero-order chi connectivity index (χ0) is 15.1. The van der Waals surface area contributed by atoms with Gasteiger partial charge in [0.1, 0.15) is 5.75 Å². The van der Waals surface area contributed by atoms with Crippen LogP contribution in [0.15, 0.2) is 47.1 Å². The quantitative estimate of drug-likeness (QED) is 0.852. The molecule has 0 radical (unpaired) electrons. The average Bonchev–Trinajstić information content (AvgIpc) is 3.02. The van der Waals surface area contributed by atoms with Crippen LogP contribution in [0.1, 0.15) is 17.0 Å². The summed E-state index contributed by atoms with van der Waals surface area (Å²) < 4.78 is 9.98. The normalized spacial score (nSPS) is 9.95. The molecule has 6 heteroatoms. The van der Waals surface area contributed by atoms with E-state index in [0.29, 0.717) is 5.69 Å². The molecule has 2 N–H and O–H groups in total. The number of anilines is 1. The van der Waals surface area contributed by atoms with Gasteiger partial charge >= 0.3 is 0 Å². The minimum absolute atomic E-state index is 0.179. The first-order valence-electron chi connectivity index (χ1n) is 6.44. The van der Waals surface area contributed by atoms with Crippen molar-refractivity contribution in [2.24, 2.45) is 0 Å². The first kappa shape index (κ1) is 14.6. The molecule has 1 aromatic carbocycles. The first-order chi connectivity index (χ1) is 10.2. The van der Waals surface area contributed by atoms with E-state index in [-0.39, 0.29) is 30.5 Å². The highest BCUT2D eigenvalue weighted by atomic mass is 16.5. The molecule has 0 aliphatic rings. The fraction of sp³-hybridized carbons (Fsp3) is 0.200. The molecule has 1 aromatic heterocycles. The lowest BCUT2D eigenvalue weighted by molar-refractivity contribution is -0.116. The Kier molecular flexibility index (Phi) is 4.98. The lowest BCUT2D eigenvalue weighted by atomic mass is 10.3. The standard InChI is InChI=1S/C15H16N2O4/c1-20-12-6-4-11(5-7-12)17-14(18)8-9-16-15(19)13-3-2-10-21-13/h2-7,10H,8-9H2,1H3,(H,16,19)(H,17,18). The van der Waals surface area contributed by atoms with Crippen molar-refractivity contribution in [1.29, 1.82) is 0 Å². The van der Waals surface area contributed by atoms with Gasteiger partial charge in [-0.05, 0) is 36.4 Å². The Labute approximate surface area is 122 Å². The van der Waals surface area contributed by atoms with Crippen LogP contribution in [0.2, 0.25) is 0 Å². The number of ether oxygens (including phenoxy) is 1. The summed E-state index contributed by atoms with van der Waals surface area (Å²) in [6.45, 7) is 0.238. The van der Waals surface area contributed by atoms with Crippen LogP contribution in [0.25, 0.3) is 0 Å². The van der Waals surface area contributed by atoms with Crippen molar-refractivity contribution >= 4 is 17.5 Å². The maximum Gasteiger partial charge on any atom is 0.286 e. The third-order valence-corrected chi connectivity index (χ3v) is 2.76. The molecule has 2 aromatic rings. The summed E-state index contributed by atoms with van der Waals surface area (Å²) in [4.78, 5) is 23.3. The second-order valence-corrected chi connectivity index (χ2v) is 4.26. The van der Waals surface area contributed by atoms with Crippen LogP contribution in [0, 0.1) is 0 Å². The molecule has 6 nitrogen and oxygen atoms in total. The fourth-order valence-electron chi connectivity index (χ4n) is 1.68. The van der Waals surface area contributed by atoms with Gasteiger partial charge in [0.15, 0.2) is 5.76 Å². The number of carbonyl (C=O) groups is 2. The average molecular weight is 288 g/mol. The van der Waals surface area contributed by atoms with E-state index in [0.717, 1.165) is 5.75 Å². The summed E-state index contributed by atoms with van der Waals surface area (Å²) in [6.07, 6.45) is 1.60. The lowest BCUT2D eigenvalue weighted by Crippen LogP contribution is -2.27. The lowest BCUT2D eigenvalue weighted by Gasteiger charge is -2.06. The third-order valence-electron chi connectivity index (χ3n) is 2.76. The topological polar surface area (TPSA) is 80.6 Å². The predicted molar refractivity (Wildman–Crippen MR) is 77.3 cm³/mol. The summed E-state index contributed by atoms with van der Waals surface area (Å²) >= 11 is 0. The van der Waals surface area contributed by atoms with Crippen molar-refractivity contribution in [2.75, 3.05) is 19.0 Å². The van der Waals surface area contributed by atoms with Gasteiger partial charge in [0.2, 0.25) is 5.91 Å². The molecule has 2 amide bonds. The van der Waals surface area contributed by atoms with Crippen LogP contribution >= 0.6 is 0 Å². The highest BCUT2D eigenvalue weighted by Gasteiger charge is 2.08. The number of rotatable bonds is 6. The van der Waals surface area contributed by atoms with Gasteiger partial charge in [-0.15, -0.1) is 0 Å². The number of furan rings is 1. The van der Waals surface area contributed by atoms with Gasteiger partial charge in [-0.2, -0.15) is 0 Å². The van der Waals surface area contributed by atoms with Crippen molar-refractivity contribution in [3.8, 4) is 5.75 Å². The highest BCUT2D eigenvalue weighted by molar-refractivity contribution is 5.93. The Morgan fingerprint density at radius 2 is 1.95 bits per heavy atom. The van der Waals surface area contributed by atoms with Gasteiger partial charge in [0.25, 0.3) is 5.91 Å². The van der Waals surface area contributed by atoms with Crippen molar-refractivity contribution < 1.29 is 18.7 Å². The van der Waals surface area contributed by atoms with E-state index in [9.17, 15) is 9.59 Å². The zero-order valence-electron chi connectivity index (χ0n) is 11.6. The number of amides is 2. The molecule has 2 rings (SSSR count). The molecule has 0 aliphatic heterocycles. The van der Waals surface area contributed by atoms with Crippen molar-refractivity contribution in [1.82, 2.24) is 5.32 Å². The largest absolute Gasteiger partial charge is 0.497 e. The molecule has 1 heterocycles. The van der Waals surface area contributed by atoms with E-state index in [4.69, 9.17) is 9.15 Å². The number of hydrogen-bond acceptors (Lipinski definition) is 4. The molecular formula is C15H16N2O4. The molecule has 21 heavy (non-hydrogen) atoms. The zero-order valence-corrected chi connectivity index (χ0v) is 11.6. The smallest absolute Gasteiger partial charge is 0.286 e. The Morgan fingerprint density at radius 3 is 2.57 bits per heavy atom. The van der Waals surface area contributed by atoms with Crippen molar-refractivity contribution in [3.05, 3.63) is 48.4 Å². The van der Waals surface area contributed by atoms with Crippen LogP contribution in [0.3, 0.4) is 0 Å². The molecule has 0 aliphatic carbocycles. The van der Waals surface area contributed by atoms with Crippen molar-refractivity contribution in [2.45, 2.75) is 6.42 Å². The minimum Gasteiger partial charge on any atom is -0.497 e. The monoisotopic (exact) mass is 288 g/mol. The van der Waals surface area contributed by atoms with E-state index < -0.39 is 0 Å². The van der Waals surface area contributed by atoms with Crippen LogP contribution in [0.5, 0.6) is 5.75 Å². The van der Waals surface area contributed by atoms with Gasteiger partial charge in [-0.1, -0.05) is 0 Å². The number of nitrogens with one attached hydrogen (secondary N) is 2. The molecule has 0 atom stereocenters. The molecular weight excluding hydrogens is 272 g/mol. The third kappa shape index (κ3) is 4.38. The Balaban J connectivity index is 1.73. The van der Waals surface area contributed by atoms with Crippen LogP contribution in [0.4, 0.5) is 5.69 Å². The summed E-state index contributed by atoms with van der Waals surface area (Å²) in [5, 5.41) is 5.34.